The Labute approximate surface area is 79.3 Å². The van der Waals surface area contributed by atoms with Crippen molar-refractivity contribution in [1.82, 2.24) is 0 Å². The van der Waals surface area contributed by atoms with E-state index in [2.05, 4.69) is 28.6 Å². The lowest BCUT2D eigenvalue weighted by Crippen LogP contribution is -1.88. The average molecular weight is 231 g/mol. The van der Waals surface area contributed by atoms with Crippen LogP contribution in [0.15, 0.2) is 22.7 Å². The van der Waals surface area contributed by atoms with Gasteiger partial charge < -0.3 is 0 Å². The first-order valence-corrected chi connectivity index (χ1v) is 4.34. The smallest absolute Gasteiger partial charge is 0.216 e. The zero-order valence-electron chi connectivity index (χ0n) is 5.97. The van der Waals surface area contributed by atoms with Crippen molar-refractivity contribution in [3.05, 3.63) is 33.8 Å². The van der Waals surface area contributed by atoms with E-state index in [4.69, 9.17) is 0 Å². The predicted molar refractivity (Wildman–Crippen MR) is 52.2 cm³/mol. The van der Waals surface area contributed by atoms with Crippen molar-refractivity contribution in [3.8, 4) is 0 Å². The van der Waals surface area contributed by atoms with Crippen molar-refractivity contribution >= 4 is 33.7 Å². The topological polar surface area (TPSA) is 17.1 Å². The zero-order chi connectivity index (χ0) is 8.43. The Morgan fingerprint density at radius 3 is 2.64 bits per heavy atom. The maximum atomic E-state index is 10.8. The Balaban J connectivity index is 3.15. The Kier molecular flexibility index (Phi) is 2.73. The van der Waals surface area contributed by atoms with E-state index in [0.717, 1.165) is 10.0 Å². The van der Waals surface area contributed by atoms with Crippen LogP contribution in [0.1, 0.15) is 15.9 Å². The molecule has 0 aliphatic rings. The Bertz CT molecular complexity index is 296. The van der Waals surface area contributed by atoms with Crippen LogP contribution in [0.25, 0.3) is 0 Å². The Morgan fingerprint density at radius 2 is 2.18 bits per heavy atom. The summed E-state index contributed by atoms with van der Waals surface area (Å²) in [6.07, 6.45) is 0. The van der Waals surface area contributed by atoms with Crippen LogP contribution in [-0.2, 0) is 0 Å². The van der Waals surface area contributed by atoms with Gasteiger partial charge in [-0.1, -0.05) is 28.1 Å². The highest BCUT2D eigenvalue weighted by atomic mass is 79.9. The van der Waals surface area contributed by atoms with Crippen LogP contribution in [0.2, 0.25) is 0 Å². The minimum absolute atomic E-state index is 0.203. The van der Waals surface area contributed by atoms with E-state index < -0.39 is 0 Å². The molecule has 0 amide bonds. The van der Waals surface area contributed by atoms with E-state index in [1.807, 2.05) is 13.0 Å². The number of benzene rings is 1. The first kappa shape index (κ1) is 8.81. The van der Waals surface area contributed by atoms with E-state index in [1.165, 1.54) is 0 Å². The second-order valence-corrected chi connectivity index (χ2v) is 3.53. The normalized spacial score (nSPS) is 9.73. The summed E-state index contributed by atoms with van der Waals surface area (Å²) in [5.41, 5.74) is 1.73. The van der Waals surface area contributed by atoms with Gasteiger partial charge in [0.25, 0.3) is 0 Å². The number of aryl methyl sites for hydroxylation is 1. The molecule has 0 aliphatic heterocycles. The van der Waals surface area contributed by atoms with E-state index in [-0.39, 0.29) is 5.12 Å². The second kappa shape index (κ2) is 3.41. The molecule has 0 unspecified atom stereocenters. The summed E-state index contributed by atoms with van der Waals surface area (Å²) >= 11 is 7.04. The molecule has 0 bridgehead atoms. The van der Waals surface area contributed by atoms with Crippen molar-refractivity contribution in [1.29, 1.82) is 0 Å². The van der Waals surface area contributed by atoms with Crippen molar-refractivity contribution in [2.45, 2.75) is 6.92 Å². The maximum Gasteiger partial charge on any atom is 0.216 e. The number of rotatable bonds is 1. The largest absolute Gasteiger partial charge is 0.282 e. The molecule has 0 radical (unpaired) electrons. The number of carbonyl (C=O) groups is 1. The lowest BCUT2D eigenvalue weighted by atomic mass is 10.2. The minimum Gasteiger partial charge on any atom is -0.282 e. The molecular weight excluding hydrogens is 224 g/mol. The SMILES string of the molecule is Cc1ccc(C(=O)S)cc1Br. The molecule has 0 N–H and O–H groups in total. The molecule has 1 aromatic rings. The maximum absolute atomic E-state index is 10.8. The van der Waals surface area contributed by atoms with Gasteiger partial charge >= 0.3 is 0 Å². The first-order valence-electron chi connectivity index (χ1n) is 3.10. The highest BCUT2D eigenvalue weighted by molar-refractivity contribution is 9.10. The zero-order valence-corrected chi connectivity index (χ0v) is 8.45. The highest BCUT2D eigenvalue weighted by Crippen LogP contribution is 2.18. The van der Waals surface area contributed by atoms with Gasteiger partial charge in [0.1, 0.15) is 0 Å². The van der Waals surface area contributed by atoms with Crippen LogP contribution < -0.4 is 0 Å². The van der Waals surface area contributed by atoms with Crippen molar-refractivity contribution in [3.63, 3.8) is 0 Å². The third-order valence-electron chi connectivity index (χ3n) is 1.42. The molecule has 1 nitrogen and oxygen atoms in total. The summed E-state index contributed by atoms with van der Waals surface area (Å²) in [7, 11) is 0. The lowest BCUT2D eigenvalue weighted by molar-refractivity contribution is 0.109. The van der Waals surface area contributed by atoms with Gasteiger partial charge in [-0.05, 0) is 18.6 Å². The summed E-state index contributed by atoms with van der Waals surface area (Å²) in [4.78, 5) is 10.8. The summed E-state index contributed by atoms with van der Waals surface area (Å²) in [5.74, 6) is 0. The quantitative estimate of drug-likeness (QED) is 0.735. The molecule has 1 aromatic carbocycles. The summed E-state index contributed by atoms with van der Waals surface area (Å²) < 4.78 is 0.942. The molecule has 0 aromatic heterocycles. The van der Waals surface area contributed by atoms with E-state index in [9.17, 15) is 4.79 Å². The van der Waals surface area contributed by atoms with Crippen molar-refractivity contribution < 1.29 is 4.79 Å². The average Bonchev–Trinajstić information content (AvgIpc) is 1.94. The molecule has 0 saturated carbocycles. The number of hydrogen-bond acceptors (Lipinski definition) is 1. The molecule has 0 aliphatic carbocycles. The van der Waals surface area contributed by atoms with Gasteiger partial charge in [0.2, 0.25) is 5.12 Å². The predicted octanol–water partition coefficient (Wildman–Crippen LogP) is 2.83. The standard InChI is InChI=1S/C8H7BrOS/c1-5-2-3-6(8(10)11)4-7(5)9/h2-4H,1H3,(H,10,11). The third-order valence-corrected chi connectivity index (χ3v) is 2.53. The van der Waals surface area contributed by atoms with Crippen LogP contribution in [-0.4, -0.2) is 5.12 Å². The van der Waals surface area contributed by atoms with Crippen LogP contribution >= 0.6 is 28.6 Å². The van der Waals surface area contributed by atoms with Gasteiger partial charge in [0.05, 0.1) is 0 Å². The fraction of sp³-hybridized carbons (Fsp3) is 0.125. The van der Waals surface area contributed by atoms with Crippen LogP contribution in [0.5, 0.6) is 0 Å². The van der Waals surface area contributed by atoms with Crippen molar-refractivity contribution in [2.75, 3.05) is 0 Å². The van der Waals surface area contributed by atoms with Gasteiger partial charge in [0.15, 0.2) is 0 Å². The molecule has 1 rings (SSSR count). The fourth-order valence-electron chi connectivity index (χ4n) is 0.726. The number of halogens is 1. The van der Waals surface area contributed by atoms with Crippen LogP contribution in [0, 0.1) is 6.92 Å². The monoisotopic (exact) mass is 230 g/mol. The molecule has 0 atom stereocenters. The van der Waals surface area contributed by atoms with Gasteiger partial charge in [-0.2, -0.15) is 0 Å². The minimum atomic E-state index is -0.203. The highest BCUT2D eigenvalue weighted by Gasteiger charge is 2.01. The number of thiol groups is 1. The first-order chi connectivity index (χ1) is 5.11. The molecule has 11 heavy (non-hydrogen) atoms. The summed E-state index contributed by atoms with van der Waals surface area (Å²) in [6.45, 7) is 1.97. The van der Waals surface area contributed by atoms with E-state index in [0.29, 0.717) is 5.56 Å². The fourth-order valence-corrected chi connectivity index (χ4v) is 1.24. The number of carbonyl (C=O) groups excluding carboxylic acids is 1. The molecular formula is C8H7BrOS. The molecule has 0 saturated heterocycles. The molecule has 0 spiro atoms. The number of hydrogen-bond donors (Lipinski definition) is 1. The van der Waals surface area contributed by atoms with Crippen molar-refractivity contribution in [2.24, 2.45) is 0 Å². The Hall–Kier alpha value is -0.280. The summed E-state index contributed by atoms with van der Waals surface area (Å²) in [5, 5.41) is -0.203. The molecule has 3 heteroatoms. The molecule has 58 valence electrons. The Morgan fingerprint density at radius 1 is 1.55 bits per heavy atom. The lowest BCUT2D eigenvalue weighted by Gasteiger charge is -1.98. The molecule has 0 fully saturated rings. The van der Waals surface area contributed by atoms with Crippen LogP contribution in [0.4, 0.5) is 0 Å². The summed E-state index contributed by atoms with van der Waals surface area (Å²) in [6, 6.07) is 5.41. The van der Waals surface area contributed by atoms with Gasteiger partial charge in [-0.25, -0.2) is 0 Å². The third kappa shape index (κ3) is 2.07. The van der Waals surface area contributed by atoms with E-state index >= 15 is 0 Å². The second-order valence-electron chi connectivity index (χ2n) is 2.27. The van der Waals surface area contributed by atoms with Gasteiger partial charge in [-0.15, -0.1) is 12.6 Å². The van der Waals surface area contributed by atoms with E-state index in [1.54, 1.807) is 12.1 Å². The van der Waals surface area contributed by atoms with Gasteiger partial charge in [0, 0.05) is 10.0 Å². The van der Waals surface area contributed by atoms with Crippen LogP contribution in [0.3, 0.4) is 0 Å². The van der Waals surface area contributed by atoms with Gasteiger partial charge in [-0.3, -0.25) is 4.79 Å². The molecule has 0 heterocycles.